The summed E-state index contributed by atoms with van der Waals surface area (Å²) in [7, 11) is 0. The van der Waals surface area contributed by atoms with Crippen molar-refractivity contribution in [2.24, 2.45) is 0 Å². The van der Waals surface area contributed by atoms with E-state index in [2.05, 4.69) is 4.98 Å². The van der Waals surface area contributed by atoms with Crippen molar-refractivity contribution in [3.8, 4) is 5.75 Å². The first kappa shape index (κ1) is 7.86. The Bertz CT molecular complexity index is 445. The lowest BCUT2D eigenvalue weighted by Gasteiger charge is -1.96. The minimum absolute atomic E-state index is 0.218. The third-order valence-electron chi connectivity index (χ3n) is 2.07. The maximum atomic E-state index is 10.3. The highest BCUT2D eigenvalue weighted by molar-refractivity contribution is 5.90. The van der Waals surface area contributed by atoms with Gasteiger partial charge in [0.25, 0.3) is 0 Å². The van der Waals surface area contributed by atoms with Crippen molar-refractivity contribution < 1.29 is 9.90 Å². The molecule has 1 heterocycles. The second-order valence-corrected chi connectivity index (χ2v) is 2.88. The van der Waals surface area contributed by atoms with E-state index < -0.39 is 0 Å². The normalized spacial score (nSPS) is 10.5. The van der Waals surface area contributed by atoms with E-state index in [-0.39, 0.29) is 5.75 Å². The number of fused-ring (bicyclic) bond motifs is 1. The number of nitrogens with one attached hydrogen (secondary N) is 1. The molecule has 2 N–H and O–H groups in total. The smallest absolute Gasteiger partial charge is 0.125 e. The fourth-order valence-corrected chi connectivity index (χ4v) is 1.49. The maximum Gasteiger partial charge on any atom is 0.125 e. The largest absolute Gasteiger partial charge is 0.507 e. The molecule has 1 aromatic heterocycles. The number of carbonyl (C=O) groups excluding carboxylic acids is 1. The maximum absolute atomic E-state index is 10.3. The van der Waals surface area contributed by atoms with Crippen molar-refractivity contribution >= 4 is 17.2 Å². The highest BCUT2D eigenvalue weighted by atomic mass is 16.3. The minimum atomic E-state index is 0.218. The van der Waals surface area contributed by atoms with E-state index in [1.165, 1.54) is 0 Å². The van der Waals surface area contributed by atoms with Gasteiger partial charge in [-0.05, 0) is 17.7 Å². The highest BCUT2D eigenvalue weighted by Gasteiger charge is 2.06. The van der Waals surface area contributed by atoms with Crippen LogP contribution in [0.5, 0.6) is 5.75 Å². The first-order chi connectivity index (χ1) is 6.33. The van der Waals surface area contributed by atoms with Crippen molar-refractivity contribution in [2.75, 3.05) is 0 Å². The molecular formula is C10H9NO2. The zero-order valence-electron chi connectivity index (χ0n) is 6.95. The average molecular weight is 175 g/mol. The number of rotatable bonds is 2. The third-order valence-corrected chi connectivity index (χ3v) is 2.07. The second kappa shape index (κ2) is 2.94. The quantitative estimate of drug-likeness (QED) is 0.681. The Kier molecular flexibility index (Phi) is 1.77. The van der Waals surface area contributed by atoms with Gasteiger partial charge in [0.15, 0.2) is 0 Å². The molecule has 0 saturated carbocycles. The Labute approximate surface area is 75.0 Å². The lowest BCUT2D eigenvalue weighted by atomic mass is 10.1. The Morgan fingerprint density at radius 3 is 3.08 bits per heavy atom. The van der Waals surface area contributed by atoms with Crippen molar-refractivity contribution in [3.05, 3.63) is 30.0 Å². The highest BCUT2D eigenvalue weighted by Crippen LogP contribution is 2.27. The van der Waals surface area contributed by atoms with E-state index in [9.17, 15) is 9.90 Å². The van der Waals surface area contributed by atoms with Crippen LogP contribution >= 0.6 is 0 Å². The van der Waals surface area contributed by atoms with Crippen LogP contribution in [0.4, 0.5) is 0 Å². The number of aldehydes is 1. The van der Waals surface area contributed by atoms with Crippen LogP contribution in [-0.2, 0) is 11.2 Å². The van der Waals surface area contributed by atoms with Gasteiger partial charge in [-0.1, -0.05) is 6.07 Å². The third kappa shape index (κ3) is 1.18. The van der Waals surface area contributed by atoms with E-state index in [0.29, 0.717) is 6.42 Å². The van der Waals surface area contributed by atoms with Gasteiger partial charge in [-0.15, -0.1) is 0 Å². The lowest BCUT2D eigenvalue weighted by Crippen LogP contribution is -1.82. The molecule has 0 aliphatic heterocycles. The molecule has 1 aromatic carbocycles. The summed E-state index contributed by atoms with van der Waals surface area (Å²) in [6.45, 7) is 0. The molecule has 2 rings (SSSR count). The number of hydrogen-bond acceptors (Lipinski definition) is 2. The molecule has 0 amide bonds. The van der Waals surface area contributed by atoms with Gasteiger partial charge >= 0.3 is 0 Å². The zero-order valence-corrected chi connectivity index (χ0v) is 6.95. The monoisotopic (exact) mass is 175 g/mol. The Morgan fingerprint density at radius 1 is 1.46 bits per heavy atom. The molecule has 0 radical (unpaired) electrons. The number of carbonyl (C=O) groups is 1. The van der Waals surface area contributed by atoms with Crippen LogP contribution in [0.2, 0.25) is 0 Å². The number of H-pyrrole nitrogens is 1. The number of phenols is 1. The molecule has 0 saturated heterocycles. The van der Waals surface area contributed by atoms with E-state index in [1.807, 2.05) is 6.07 Å². The molecule has 0 atom stereocenters. The van der Waals surface area contributed by atoms with Gasteiger partial charge in [-0.2, -0.15) is 0 Å². The van der Waals surface area contributed by atoms with Crippen LogP contribution in [0.25, 0.3) is 10.9 Å². The Hall–Kier alpha value is -1.77. The fraction of sp³-hybridized carbons (Fsp3) is 0.100. The predicted octanol–water partition coefficient (Wildman–Crippen LogP) is 1.61. The summed E-state index contributed by atoms with van der Waals surface area (Å²) in [6.07, 6.45) is 2.91. The van der Waals surface area contributed by atoms with Crippen LogP contribution in [0, 0.1) is 0 Å². The molecule has 2 aromatic rings. The van der Waals surface area contributed by atoms with E-state index >= 15 is 0 Å². The van der Waals surface area contributed by atoms with Gasteiger partial charge in [0.2, 0.25) is 0 Å². The summed E-state index contributed by atoms with van der Waals surface area (Å²) in [5.74, 6) is 0.218. The number of aromatic amines is 1. The number of aromatic nitrogens is 1. The molecule has 0 spiro atoms. The molecule has 66 valence electrons. The number of benzene rings is 1. The Morgan fingerprint density at radius 2 is 2.31 bits per heavy atom. The van der Waals surface area contributed by atoms with Crippen molar-refractivity contribution in [2.45, 2.75) is 6.42 Å². The van der Waals surface area contributed by atoms with Gasteiger partial charge in [0.05, 0.1) is 0 Å². The van der Waals surface area contributed by atoms with E-state index in [1.54, 1.807) is 18.3 Å². The molecule has 3 nitrogen and oxygen atoms in total. The van der Waals surface area contributed by atoms with Crippen molar-refractivity contribution in [1.82, 2.24) is 4.98 Å². The molecule has 0 unspecified atom stereocenters. The topological polar surface area (TPSA) is 53.1 Å². The van der Waals surface area contributed by atoms with Gasteiger partial charge in [0.1, 0.15) is 12.0 Å². The Balaban J connectivity index is 2.70. The van der Waals surface area contributed by atoms with Crippen molar-refractivity contribution in [1.29, 1.82) is 0 Å². The molecule has 0 fully saturated rings. The average Bonchev–Trinajstić information content (AvgIpc) is 2.51. The second-order valence-electron chi connectivity index (χ2n) is 2.88. The van der Waals surface area contributed by atoms with Crippen LogP contribution in [0.15, 0.2) is 24.4 Å². The predicted molar refractivity (Wildman–Crippen MR) is 49.7 cm³/mol. The SMILES string of the molecule is O=CCc1c[nH]c2cccc(O)c12. The summed E-state index contributed by atoms with van der Waals surface area (Å²) >= 11 is 0. The minimum Gasteiger partial charge on any atom is -0.507 e. The summed E-state index contributed by atoms with van der Waals surface area (Å²) in [5, 5.41) is 10.3. The van der Waals surface area contributed by atoms with Crippen LogP contribution in [-0.4, -0.2) is 16.4 Å². The van der Waals surface area contributed by atoms with Crippen LogP contribution in [0.3, 0.4) is 0 Å². The van der Waals surface area contributed by atoms with Crippen LogP contribution in [0.1, 0.15) is 5.56 Å². The summed E-state index contributed by atoms with van der Waals surface area (Å²) in [4.78, 5) is 13.3. The lowest BCUT2D eigenvalue weighted by molar-refractivity contribution is -0.107. The molecule has 0 bridgehead atoms. The molecular weight excluding hydrogens is 166 g/mol. The molecule has 3 heteroatoms. The molecule has 0 aliphatic rings. The number of aromatic hydroxyl groups is 1. The van der Waals surface area contributed by atoms with Crippen molar-refractivity contribution in [3.63, 3.8) is 0 Å². The summed E-state index contributed by atoms with van der Waals surface area (Å²) < 4.78 is 0. The molecule has 0 aliphatic carbocycles. The van der Waals surface area contributed by atoms with Crippen LogP contribution < -0.4 is 0 Å². The van der Waals surface area contributed by atoms with Gasteiger partial charge < -0.3 is 14.9 Å². The first-order valence-electron chi connectivity index (χ1n) is 4.04. The van der Waals surface area contributed by atoms with E-state index in [0.717, 1.165) is 22.8 Å². The fourth-order valence-electron chi connectivity index (χ4n) is 1.49. The van der Waals surface area contributed by atoms with Gasteiger partial charge in [-0.25, -0.2) is 0 Å². The summed E-state index contributed by atoms with van der Waals surface area (Å²) in [6, 6.07) is 5.24. The number of phenolic OH excluding ortho intramolecular Hbond substituents is 1. The molecule has 13 heavy (non-hydrogen) atoms. The number of hydrogen-bond donors (Lipinski definition) is 2. The van der Waals surface area contributed by atoms with E-state index in [4.69, 9.17) is 0 Å². The van der Waals surface area contributed by atoms with Gasteiger partial charge in [0, 0.05) is 23.5 Å². The first-order valence-corrected chi connectivity index (χ1v) is 4.04. The van der Waals surface area contributed by atoms with Gasteiger partial charge in [-0.3, -0.25) is 0 Å². The summed E-state index contributed by atoms with van der Waals surface area (Å²) in [5.41, 5.74) is 1.69. The zero-order chi connectivity index (χ0) is 9.26. The standard InChI is InChI=1S/C10H9NO2/c12-5-4-7-6-11-8-2-1-3-9(13)10(7)8/h1-3,5-6,11,13H,4H2.